The minimum atomic E-state index is -4.71. The summed E-state index contributed by atoms with van der Waals surface area (Å²) in [6, 6.07) is 26.4. The van der Waals surface area contributed by atoms with Gasteiger partial charge in [0.2, 0.25) is 11.6 Å². The molecule has 0 fully saturated rings. The molecule has 0 bridgehead atoms. The van der Waals surface area contributed by atoms with E-state index in [1.54, 1.807) is 97.1 Å². The molecule has 9 rings (SSSR count). The highest BCUT2D eigenvalue weighted by molar-refractivity contribution is 7.80. The zero-order valence-corrected chi connectivity index (χ0v) is 35.0. The topological polar surface area (TPSA) is 105 Å². The summed E-state index contributed by atoms with van der Waals surface area (Å²) in [4.78, 5) is 0. The van der Waals surface area contributed by atoms with Crippen LogP contribution in [-0.4, -0.2) is 36.1 Å². The Labute approximate surface area is 355 Å². The zero-order chi connectivity index (χ0) is 45.3. The first-order valence-corrected chi connectivity index (χ1v) is 22.9. The number of benzene rings is 6. The number of rotatable bonds is 6. The molecule has 3 aliphatic heterocycles. The molecule has 0 radical (unpaired) electrons. The summed E-state index contributed by atoms with van der Waals surface area (Å²) in [7, 11) is -11.7. The lowest BCUT2D eigenvalue weighted by atomic mass is 10.0. The Morgan fingerprint density at radius 3 is 0.969 bits per heavy atom. The first kappa shape index (κ1) is 42.7. The highest BCUT2D eigenvalue weighted by Gasteiger charge is 2.51. The minimum Gasteiger partial charge on any atom is -0.413 e. The van der Waals surface area contributed by atoms with E-state index in [2.05, 4.69) is 10.2 Å². The van der Waals surface area contributed by atoms with E-state index in [-0.39, 0.29) is 35.4 Å². The Kier molecular flexibility index (Phi) is 10.6. The summed E-state index contributed by atoms with van der Waals surface area (Å²) in [5.41, 5.74) is -1.11. The molecular formula is C40H24F10N7O4P3. The van der Waals surface area contributed by atoms with E-state index < -0.39 is 92.1 Å². The van der Waals surface area contributed by atoms with Gasteiger partial charge in [-0.25, -0.2) is 53.5 Å². The predicted molar refractivity (Wildman–Crippen MR) is 217 cm³/mol. The minimum absolute atomic E-state index is 0.127. The lowest BCUT2D eigenvalue weighted by Gasteiger charge is -2.38. The van der Waals surface area contributed by atoms with Gasteiger partial charge in [0.25, 0.3) is 0 Å². The van der Waals surface area contributed by atoms with Crippen LogP contribution in [0.25, 0.3) is 22.3 Å². The lowest BCUT2D eigenvalue weighted by Crippen LogP contribution is -2.22. The van der Waals surface area contributed by atoms with E-state index >= 15 is 17.6 Å². The number of hydrogen-bond donors (Lipinski definition) is 0. The molecular weight excluding hydrogens is 925 g/mol. The maximum absolute atomic E-state index is 15.1. The van der Waals surface area contributed by atoms with Crippen molar-refractivity contribution in [2.45, 2.75) is 0 Å². The van der Waals surface area contributed by atoms with Crippen LogP contribution in [0.5, 0.6) is 23.0 Å². The summed E-state index contributed by atoms with van der Waals surface area (Å²) in [6.07, 6.45) is 0.511. The number of nitrogens with zero attached hydrogens (tertiary/aromatic N) is 7. The van der Waals surface area contributed by atoms with Crippen molar-refractivity contribution in [2.75, 3.05) is 14.1 Å². The first-order chi connectivity index (χ1) is 30.6. The standard InChI is InChI=1S/C40H24F10N7O4P3/c1-56(51-19-25-31(41)35(45)39(49)36(46)32(25)42)62(57(2)52-20-26-33(43)37(47)40(50)38(48)34(26)44)53-63(58-27-15-7-3-11-21(27)22-12-4-8-16-28(22)59-63)55-64(54-62)60-29-17-9-5-13-23(29)24-14-6-10-18-30(24)61-64/h3-20H,1-2H3/b51-19+,52-20+. The molecule has 0 N–H and O–H groups in total. The first-order valence-electron chi connectivity index (χ1n) is 18.2. The molecule has 0 unspecified atom stereocenters. The molecule has 24 heteroatoms. The van der Waals surface area contributed by atoms with Gasteiger partial charge in [0.1, 0.15) is 23.0 Å². The molecule has 0 amide bonds. The molecule has 0 saturated carbocycles. The Hall–Kier alpha value is -6.55. The highest BCUT2D eigenvalue weighted by atomic mass is 31.3. The quantitative estimate of drug-likeness (QED) is 0.0411. The van der Waals surface area contributed by atoms with Gasteiger partial charge in [-0.05, 0) is 24.3 Å². The van der Waals surface area contributed by atoms with Crippen molar-refractivity contribution in [3.05, 3.63) is 166 Å². The second-order valence-electron chi connectivity index (χ2n) is 13.6. The molecule has 3 heterocycles. The van der Waals surface area contributed by atoms with E-state index in [9.17, 15) is 26.3 Å². The van der Waals surface area contributed by atoms with Gasteiger partial charge in [0.15, 0.2) is 46.5 Å². The lowest BCUT2D eigenvalue weighted by molar-refractivity contribution is 0.377. The van der Waals surface area contributed by atoms with Crippen LogP contribution in [0.1, 0.15) is 11.1 Å². The number of halogens is 10. The van der Waals surface area contributed by atoms with Crippen LogP contribution in [0, 0.1) is 58.2 Å². The van der Waals surface area contributed by atoms with Gasteiger partial charge in [-0.3, -0.25) is 0 Å². The monoisotopic (exact) mass is 949 g/mol. The number of fused-ring (bicyclic) bond motifs is 6. The van der Waals surface area contributed by atoms with Crippen LogP contribution >= 0.6 is 22.8 Å². The van der Waals surface area contributed by atoms with Crippen LogP contribution in [-0.2, 0) is 0 Å². The molecule has 0 aromatic heterocycles. The Balaban J connectivity index is 1.38. The predicted octanol–water partition coefficient (Wildman–Crippen LogP) is 13.4. The van der Waals surface area contributed by atoms with Crippen molar-refractivity contribution in [3.63, 3.8) is 0 Å². The summed E-state index contributed by atoms with van der Waals surface area (Å²) >= 11 is 0. The fraction of sp³-hybridized carbons (Fsp3) is 0.0500. The summed E-state index contributed by atoms with van der Waals surface area (Å²) in [5.74, 6) is -22.7. The van der Waals surface area contributed by atoms with E-state index in [4.69, 9.17) is 31.6 Å². The van der Waals surface area contributed by atoms with Gasteiger partial charge < -0.3 is 18.1 Å². The zero-order valence-electron chi connectivity index (χ0n) is 32.3. The van der Waals surface area contributed by atoms with Crippen LogP contribution in [0.3, 0.4) is 0 Å². The van der Waals surface area contributed by atoms with Gasteiger partial charge in [0, 0.05) is 36.3 Å². The molecule has 328 valence electrons. The maximum atomic E-state index is 15.1. The summed E-state index contributed by atoms with van der Waals surface area (Å²) in [5, 5.41) is 8.06. The van der Waals surface area contributed by atoms with Gasteiger partial charge in [-0.2, -0.15) is 10.2 Å². The Morgan fingerprint density at radius 2 is 0.656 bits per heavy atom. The number of hydrogen-bond acceptors (Lipinski definition) is 11. The van der Waals surface area contributed by atoms with Crippen LogP contribution in [0.4, 0.5) is 43.9 Å². The fourth-order valence-electron chi connectivity index (χ4n) is 6.58. The Bertz CT molecular complexity index is 2860. The number of para-hydroxylation sites is 4. The van der Waals surface area contributed by atoms with E-state index in [0.717, 1.165) is 23.7 Å². The average Bonchev–Trinajstić information content (AvgIpc) is 3.51. The third kappa shape index (κ3) is 6.98. The average molecular weight is 950 g/mol. The van der Waals surface area contributed by atoms with Crippen LogP contribution < -0.4 is 18.1 Å². The molecule has 6 aromatic rings. The molecule has 2 spiro atoms. The van der Waals surface area contributed by atoms with Crippen molar-refractivity contribution in [1.82, 2.24) is 9.56 Å². The van der Waals surface area contributed by atoms with E-state index in [1.165, 1.54) is 0 Å². The van der Waals surface area contributed by atoms with E-state index in [1.807, 2.05) is 0 Å². The van der Waals surface area contributed by atoms with Crippen LogP contribution in [0.2, 0.25) is 0 Å². The normalized spacial score (nSPS) is 16.0. The van der Waals surface area contributed by atoms with Crippen molar-refractivity contribution in [3.8, 4) is 45.3 Å². The molecule has 0 atom stereocenters. The third-order valence-corrected chi connectivity index (χ3v) is 18.7. The largest absolute Gasteiger partial charge is 0.458 e. The van der Waals surface area contributed by atoms with Gasteiger partial charge >= 0.3 is 22.8 Å². The second-order valence-corrected chi connectivity index (χ2v) is 20.6. The van der Waals surface area contributed by atoms with Crippen LogP contribution in [0.15, 0.2) is 121 Å². The molecule has 11 nitrogen and oxygen atoms in total. The molecule has 64 heavy (non-hydrogen) atoms. The maximum Gasteiger partial charge on any atom is 0.458 e. The third-order valence-electron chi connectivity index (χ3n) is 9.66. The molecule has 0 aliphatic carbocycles. The van der Waals surface area contributed by atoms with Crippen molar-refractivity contribution < 1.29 is 62.0 Å². The molecule has 0 saturated heterocycles. The van der Waals surface area contributed by atoms with Gasteiger partial charge in [0.05, 0.1) is 23.6 Å². The Morgan fingerprint density at radius 1 is 0.391 bits per heavy atom. The van der Waals surface area contributed by atoms with Crippen molar-refractivity contribution >= 4 is 35.3 Å². The molecule has 6 aromatic carbocycles. The smallest absolute Gasteiger partial charge is 0.413 e. The SMILES string of the molecule is CN(/N=C/c1c(F)c(F)c(F)c(F)c1F)P1(N(C)/N=C/c2c(F)c(F)c(F)c(F)c2F)=NP2(=NP3(=N1)Oc1ccccc1-c1ccccc1O3)Oc1ccccc1-c1ccccc1O2. The van der Waals surface area contributed by atoms with Crippen molar-refractivity contribution in [1.29, 1.82) is 0 Å². The van der Waals surface area contributed by atoms with Gasteiger partial charge in [-0.15, -0.1) is 9.03 Å². The summed E-state index contributed by atoms with van der Waals surface area (Å²) < 4.78 is 189. The molecule has 3 aliphatic rings. The number of hydrazone groups is 2. The highest BCUT2D eigenvalue weighted by Crippen LogP contribution is 2.81. The fourth-order valence-corrected chi connectivity index (χ4v) is 17.1. The van der Waals surface area contributed by atoms with Gasteiger partial charge in [-0.1, -0.05) is 77.3 Å². The van der Waals surface area contributed by atoms with Crippen molar-refractivity contribution in [2.24, 2.45) is 23.7 Å². The second kappa shape index (κ2) is 15.9. The summed E-state index contributed by atoms with van der Waals surface area (Å²) in [6.45, 7) is 0. The van der Waals surface area contributed by atoms with E-state index in [0.29, 0.717) is 22.3 Å².